The molecule has 0 amide bonds. The predicted octanol–water partition coefficient (Wildman–Crippen LogP) is 4.40. The highest BCUT2D eigenvalue weighted by Crippen LogP contribution is 2.37. The number of thioether (sulfide) groups is 1. The molecule has 0 N–H and O–H groups in total. The van der Waals surface area contributed by atoms with Gasteiger partial charge >= 0.3 is 0 Å². The topological polar surface area (TPSA) is 103 Å². The number of hydrogen-bond acceptors (Lipinski definition) is 9. The lowest BCUT2D eigenvalue weighted by Crippen LogP contribution is -2.13. The molecule has 5 rings (SSSR count). The zero-order valence-electron chi connectivity index (χ0n) is 17.5. The number of Topliss-reactive ketones (excluding diaryl/α,β-unsaturated/α-hetero) is 1. The van der Waals surface area contributed by atoms with E-state index in [1.54, 1.807) is 0 Å². The second kappa shape index (κ2) is 9.05. The Morgan fingerprint density at radius 3 is 2.79 bits per heavy atom. The summed E-state index contributed by atoms with van der Waals surface area (Å²) in [5.74, 6) is 0.909. The number of ether oxygens (including phenoxy) is 2. The van der Waals surface area contributed by atoms with Crippen molar-refractivity contribution in [2.24, 2.45) is 0 Å². The number of benzene rings is 2. The molecule has 1 aliphatic rings. The van der Waals surface area contributed by atoms with Crippen molar-refractivity contribution in [2.45, 2.75) is 18.0 Å². The molecule has 0 saturated carbocycles. The molecular formula is C23H17N5O3S2. The largest absolute Gasteiger partial charge is 0.454 e. The fourth-order valence-electron chi connectivity index (χ4n) is 3.38. The van der Waals surface area contributed by atoms with Crippen LogP contribution in [0.25, 0.3) is 17.1 Å². The minimum atomic E-state index is -0.891. The molecule has 10 heteroatoms. The standard InChI is InChI=1S/C23H17N5O3S2/c1-14-11-32-22(25-14)17(10-24)18(29)12-33-23-27-26-21(28(23)16-5-3-2-4-6-16)15-7-8-19-20(9-15)31-13-30-19/h2-9,11,17H,12-13H2,1H3. The Bertz CT molecular complexity index is 1360. The van der Waals surface area contributed by atoms with Crippen molar-refractivity contribution in [3.8, 4) is 34.6 Å². The van der Waals surface area contributed by atoms with Gasteiger partial charge < -0.3 is 9.47 Å². The van der Waals surface area contributed by atoms with Crippen LogP contribution in [0.1, 0.15) is 16.6 Å². The van der Waals surface area contributed by atoms with Crippen LogP contribution < -0.4 is 9.47 Å². The number of ketones is 1. The number of thiazole rings is 1. The molecule has 8 nitrogen and oxygen atoms in total. The number of rotatable bonds is 7. The van der Waals surface area contributed by atoms with E-state index in [1.165, 1.54) is 23.1 Å². The van der Waals surface area contributed by atoms with Crippen LogP contribution in [0.5, 0.6) is 11.5 Å². The molecule has 0 saturated heterocycles. The van der Waals surface area contributed by atoms with E-state index in [1.807, 2.05) is 65.4 Å². The molecule has 0 radical (unpaired) electrons. The number of hydrogen-bond donors (Lipinski definition) is 0. The first-order valence-electron chi connectivity index (χ1n) is 10.0. The van der Waals surface area contributed by atoms with E-state index in [4.69, 9.17) is 9.47 Å². The zero-order valence-corrected chi connectivity index (χ0v) is 19.1. The maximum Gasteiger partial charge on any atom is 0.231 e. The number of aryl methyl sites for hydroxylation is 1. The van der Waals surface area contributed by atoms with Gasteiger partial charge in [-0.3, -0.25) is 9.36 Å². The molecular weight excluding hydrogens is 458 g/mol. The van der Waals surface area contributed by atoms with Gasteiger partial charge in [0, 0.05) is 22.3 Å². The Kier molecular flexibility index (Phi) is 5.81. The SMILES string of the molecule is Cc1csc(C(C#N)C(=O)CSc2nnc(-c3ccc4c(c3)OCO4)n2-c2ccccc2)n1. The minimum Gasteiger partial charge on any atom is -0.454 e. The fourth-order valence-corrected chi connectivity index (χ4v) is 5.10. The molecule has 0 bridgehead atoms. The predicted molar refractivity (Wildman–Crippen MR) is 124 cm³/mol. The average molecular weight is 476 g/mol. The van der Waals surface area contributed by atoms with E-state index in [0.717, 1.165) is 16.9 Å². The molecule has 4 aromatic rings. The van der Waals surface area contributed by atoms with E-state index >= 15 is 0 Å². The summed E-state index contributed by atoms with van der Waals surface area (Å²) in [6.45, 7) is 2.03. The quantitative estimate of drug-likeness (QED) is 0.363. The van der Waals surface area contributed by atoms with Crippen LogP contribution in [0.15, 0.2) is 59.1 Å². The third kappa shape index (κ3) is 4.20. The van der Waals surface area contributed by atoms with Crippen LogP contribution in [0.4, 0.5) is 0 Å². The van der Waals surface area contributed by atoms with Gasteiger partial charge in [0.1, 0.15) is 5.01 Å². The smallest absolute Gasteiger partial charge is 0.231 e. The molecule has 33 heavy (non-hydrogen) atoms. The summed E-state index contributed by atoms with van der Waals surface area (Å²) >= 11 is 2.57. The van der Waals surface area contributed by atoms with Crippen molar-refractivity contribution in [2.75, 3.05) is 12.5 Å². The van der Waals surface area contributed by atoms with E-state index < -0.39 is 5.92 Å². The van der Waals surface area contributed by atoms with Crippen LogP contribution >= 0.6 is 23.1 Å². The van der Waals surface area contributed by atoms with Gasteiger partial charge in [0.2, 0.25) is 6.79 Å². The van der Waals surface area contributed by atoms with Gasteiger partial charge in [-0.2, -0.15) is 5.26 Å². The highest BCUT2D eigenvalue weighted by Gasteiger charge is 2.25. The lowest BCUT2D eigenvalue weighted by atomic mass is 10.1. The molecule has 1 aliphatic heterocycles. The van der Waals surface area contributed by atoms with Crippen LogP contribution in [-0.2, 0) is 4.79 Å². The summed E-state index contributed by atoms with van der Waals surface area (Å²) < 4.78 is 12.8. The maximum absolute atomic E-state index is 12.8. The van der Waals surface area contributed by atoms with Gasteiger partial charge in [0.05, 0.1) is 11.8 Å². The second-order valence-corrected chi connectivity index (χ2v) is 9.02. The summed E-state index contributed by atoms with van der Waals surface area (Å²) in [5.41, 5.74) is 2.47. The van der Waals surface area contributed by atoms with Crippen LogP contribution in [0, 0.1) is 18.3 Å². The van der Waals surface area contributed by atoms with E-state index in [-0.39, 0.29) is 18.3 Å². The molecule has 2 aromatic carbocycles. The number of carbonyl (C=O) groups is 1. The zero-order chi connectivity index (χ0) is 22.8. The Balaban J connectivity index is 1.45. The average Bonchev–Trinajstić information content (AvgIpc) is 3.58. The molecule has 164 valence electrons. The van der Waals surface area contributed by atoms with Crippen LogP contribution in [0.2, 0.25) is 0 Å². The maximum atomic E-state index is 12.8. The van der Waals surface area contributed by atoms with E-state index in [2.05, 4.69) is 21.3 Å². The molecule has 1 atom stereocenters. The van der Waals surface area contributed by atoms with Crippen molar-refractivity contribution < 1.29 is 14.3 Å². The highest BCUT2D eigenvalue weighted by atomic mass is 32.2. The summed E-state index contributed by atoms with van der Waals surface area (Å²) in [6, 6.07) is 17.4. The van der Waals surface area contributed by atoms with E-state index in [0.29, 0.717) is 27.5 Å². The van der Waals surface area contributed by atoms with Gasteiger partial charge in [0.15, 0.2) is 34.2 Å². The Hall–Kier alpha value is -3.68. The number of fused-ring (bicyclic) bond motifs is 1. The number of nitrogens with zero attached hydrogens (tertiary/aromatic N) is 5. The minimum absolute atomic E-state index is 0.0724. The van der Waals surface area contributed by atoms with Gasteiger partial charge in [0.25, 0.3) is 0 Å². The van der Waals surface area contributed by atoms with Gasteiger partial charge in [-0.25, -0.2) is 4.98 Å². The van der Waals surface area contributed by atoms with Crippen molar-refractivity contribution in [3.63, 3.8) is 0 Å². The Morgan fingerprint density at radius 2 is 2.03 bits per heavy atom. The molecule has 3 heterocycles. The van der Waals surface area contributed by atoms with Crippen molar-refractivity contribution >= 4 is 28.9 Å². The third-order valence-corrected chi connectivity index (χ3v) is 6.94. The Labute approximate surface area is 197 Å². The molecule has 1 unspecified atom stereocenters. The number of para-hydroxylation sites is 1. The van der Waals surface area contributed by atoms with E-state index in [9.17, 15) is 10.1 Å². The fraction of sp³-hybridized carbons (Fsp3) is 0.174. The Morgan fingerprint density at radius 1 is 1.21 bits per heavy atom. The molecule has 0 spiro atoms. The summed E-state index contributed by atoms with van der Waals surface area (Å²) in [7, 11) is 0. The molecule has 0 aliphatic carbocycles. The monoisotopic (exact) mass is 475 g/mol. The normalized spacial score (nSPS) is 13.0. The third-order valence-electron chi connectivity index (χ3n) is 4.96. The lowest BCUT2D eigenvalue weighted by Gasteiger charge is -2.11. The van der Waals surface area contributed by atoms with Crippen LogP contribution in [-0.4, -0.2) is 38.1 Å². The number of aromatic nitrogens is 4. The molecule has 2 aromatic heterocycles. The second-order valence-electron chi connectivity index (χ2n) is 7.19. The van der Waals surface area contributed by atoms with Crippen LogP contribution in [0.3, 0.4) is 0 Å². The highest BCUT2D eigenvalue weighted by molar-refractivity contribution is 7.99. The first-order chi connectivity index (χ1) is 16.1. The number of nitriles is 1. The first-order valence-corrected chi connectivity index (χ1v) is 11.9. The van der Waals surface area contributed by atoms with Crippen molar-refractivity contribution in [1.29, 1.82) is 5.26 Å². The number of carbonyl (C=O) groups excluding carboxylic acids is 1. The van der Waals surface area contributed by atoms with Crippen molar-refractivity contribution in [3.05, 3.63) is 64.6 Å². The van der Waals surface area contributed by atoms with Gasteiger partial charge in [-0.05, 0) is 37.3 Å². The lowest BCUT2D eigenvalue weighted by molar-refractivity contribution is -0.116. The molecule has 0 fully saturated rings. The van der Waals surface area contributed by atoms with Crippen molar-refractivity contribution in [1.82, 2.24) is 19.7 Å². The summed E-state index contributed by atoms with van der Waals surface area (Å²) in [5, 5.41) is 21.2. The van der Waals surface area contributed by atoms with Gasteiger partial charge in [-0.15, -0.1) is 21.5 Å². The van der Waals surface area contributed by atoms with Gasteiger partial charge in [-0.1, -0.05) is 30.0 Å². The summed E-state index contributed by atoms with van der Waals surface area (Å²) in [6.07, 6.45) is 0. The first kappa shape index (κ1) is 21.2. The summed E-state index contributed by atoms with van der Waals surface area (Å²) in [4.78, 5) is 17.2.